The number of likely N-dealkylation sites (N-methyl/N-ethyl adjacent to an activating group) is 1. The molecule has 1 saturated heterocycles. The number of amides is 1. The number of nitrogens with one attached hydrogen (secondary N) is 1. The fourth-order valence-corrected chi connectivity index (χ4v) is 2.91. The van der Waals surface area contributed by atoms with Gasteiger partial charge in [0.25, 0.3) is 0 Å². The SMILES string of the molecule is CCN1CCN(C(=O)C[C@@H](C)SC)C[C@@H]1c1ncc[nH]1. The molecule has 2 heterocycles. The number of H-pyrrole nitrogens is 1. The van der Waals surface area contributed by atoms with Crippen LogP contribution < -0.4 is 0 Å². The van der Waals surface area contributed by atoms with Crippen LogP contribution >= 0.6 is 11.8 Å². The van der Waals surface area contributed by atoms with Gasteiger partial charge in [-0.05, 0) is 12.8 Å². The summed E-state index contributed by atoms with van der Waals surface area (Å²) in [7, 11) is 0. The van der Waals surface area contributed by atoms with Crippen LogP contribution in [0.1, 0.15) is 32.1 Å². The third-order valence-corrected chi connectivity index (χ3v) is 4.92. The maximum atomic E-state index is 12.3. The van der Waals surface area contributed by atoms with Gasteiger partial charge in [0.05, 0.1) is 6.04 Å². The van der Waals surface area contributed by atoms with Crippen molar-refractivity contribution in [3.63, 3.8) is 0 Å². The molecule has 1 amide bonds. The van der Waals surface area contributed by atoms with E-state index < -0.39 is 0 Å². The number of thioether (sulfide) groups is 1. The third kappa shape index (κ3) is 3.55. The van der Waals surface area contributed by atoms with E-state index in [2.05, 4.69) is 35.0 Å². The molecule has 1 fully saturated rings. The van der Waals surface area contributed by atoms with Crippen molar-refractivity contribution in [3.05, 3.63) is 18.2 Å². The highest BCUT2D eigenvalue weighted by Gasteiger charge is 2.31. The first-order valence-corrected chi connectivity index (χ1v) is 8.48. The van der Waals surface area contributed by atoms with Crippen LogP contribution in [0.25, 0.3) is 0 Å². The molecule has 20 heavy (non-hydrogen) atoms. The molecule has 6 heteroatoms. The van der Waals surface area contributed by atoms with E-state index in [1.54, 1.807) is 18.0 Å². The summed E-state index contributed by atoms with van der Waals surface area (Å²) in [6.45, 7) is 7.72. The molecule has 0 unspecified atom stereocenters. The molecule has 0 bridgehead atoms. The number of nitrogens with zero attached hydrogens (tertiary/aromatic N) is 3. The number of hydrogen-bond acceptors (Lipinski definition) is 4. The topological polar surface area (TPSA) is 52.2 Å². The molecule has 112 valence electrons. The van der Waals surface area contributed by atoms with Crippen LogP contribution in [0.5, 0.6) is 0 Å². The molecule has 0 aromatic carbocycles. The van der Waals surface area contributed by atoms with Crippen LogP contribution in [0.15, 0.2) is 12.4 Å². The molecule has 0 saturated carbocycles. The van der Waals surface area contributed by atoms with Gasteiger partial charge >= 0.3 is 0 Å². The Bertz CT molecular complexity index is 423. The van der Waals surface area contributed by atoms with Crippen molar-refractivity contribution in [2.24, 2.45) is 0 Å². The van der Waals surface area contributed by atoms with E-state index in [9.17, 15) is 4.79 Å². The smallest absolute Gasteiger partial charge is 0.223 e. The summed E-state index contributed by atoms with van der Waals surface area (Å²) in [6, 6.07) is 0.192. The highest BCUT2D eigenvalue weighted by molar-refractivity contribution is 7.99. The molecular weight excluding hydrogens is 272 g/mol. The second kappa shape index (κ2) is 7.13. The number of carbonyl (C=O) groups excluding carboxylic acids is 1. The van der Waals surface area contributed by atoms with E-state index in [0.29, 0.717) is 11.7 Å². The average Bonchev–Trinajstić information content (AvgIpc) is 3.00. The predicted octanol–water partition coefficient (Wildman–Crippen LogP) is 1.76. The summed E-state index contributed by atoms with van der Waals surface area (Å²) < 4.78 is 0. The minimum atomic E-state index is 0.192. The van der Waals surface area contributed by atoms with Crippen molar-refractivity contribution in [2.45, 2.75) is 31.6 Å². The number of rotatable bonds is 5. The number of aromatic amines is 1. The molecule has 1 aliphatic rings. The second-order valence-electron chi connectivity index (χ2n) is 5.21. The Hall–Kier alpha value is -1.01. The average molecular weight is 296 g/mol. The fraction of sp³-hybridized carbons (Fsp3) is 0.714. The Labute approximate surface area is 125 Å². The first-order valence-electron chi connectivity index (χ1n) is 7.19. The van der Waals surface area contributed by atoms with Gasteiger partial charge in [-0.15, -0.1) is 0 Å². The van der Waals surface area contributed by atoms with Crippen LogP contribution in [-0.2, 0) is 4.79 Å². The molecule has 0 radical (unpaired) electrons. The van der Waals surface area contributed by atoms with Gasteiger partial charge in [0.15, 0.2) is 0 Å². The largest absolute Gasteiger partial charge is 0.347 e. The molecule has 1 aromatic heterocycles. The van der Waals surface area contributed by atoms with E-state index in [4.69, 9.17) is 0 Å². The maximum Gasteiger partial charge on any atom is 0.223 e. The normalized spacial score (nSPS) is 21.9. The zero-order valence-corrected chi connectivity index (χ0v) is 13.3. The monoisotopic (exact) mass is 296 g/mol. The minimum absolute atomic E-state index is 0.192. The molecule has 5 nitrogen and oxygen atoms in total. The second-order valence-corrected chi connectivity index (χ2v) is 6.49. The predicted molar refractivity (Wildman–Crippen MR) is 82.7 cm³/mol. The Morgan fingerprint density at radius 3 is 3.00 bits per heavy atom. The Kier molecular flexibility index (Phi) is 5.48. The van der Waals surface area contributed by atoms with Crippen molar-refractivity contribution in [2.75, 3.05) is 32.4 Å². The lowest BCUT2D eigenvalue weighted by Crippen LogP contribution is -2.50. The van der Waals surface area contributed by atoms with Crippen LogP contribution in [0.4, 0.5) is 0 Å². The highest BCUT2D eigenvalue weighted by atomic mass is 32.2. The lowest BCUT2D eigenvalue weighted by molar-refractivity contribution is -0.134. The van der Waals surface area contributed by atoms with Gasteiger partial charge in [0, 0.05) is 43.7 Å². The maximum absolute atomic E-state index is 12.3. The lowest BCUT2D eigenvalue weighted by Gasteiger charge is -2.40. The summed E-state index contributed by atoms with van der Waals surface area (Å²) in [5.74, 6) is 1.22. The lowest BCUT2D eigenvalue weighted by atomic mass is 10.1. The summed E-state index contributed by atoms with van der Waals surface area (Å²) in [6.07, 6.45) is 6.30. The van der Waals surface area contributed by atoms with Gasteiger partial charge in [0.1, 0.15) is 5.82 Å². The zero-order chi connectivity index (χ0) is 14.5. The molecule has 1 N–H and O–H groups in total. The Morgan fingerprint density at radius 2 is 2.40 bits per heavy atom. The van der Waals surface area contributed by atoms with Gasteiger partial charge in [-0.1, -0.05) is 13.8 Å². The van der Waals surface area contributed by atoms with E-state index in [1.165, 1.54) is 0 Å². The first kappa shape index (κ1) is 15.4. The van der Waals surface area contributed by atoms with Gasteiger partial charge in [-0.25, -0.2) is 4.98 Å². The molecule has 1 aliphatic heterocycles. The van der Waals surface area contributed by atoms with Crippen molar-refractivity contribution in [1.82, 2.24) is 19.8 Å². The van der Waals surface area contributed by atoms with Crippen LogP contribution in [0, 0.1) is 0 Å². The van der Waals surface area contributed by atoms with Crippen LogP contribution in [0.3, 0.4) is 0 Å². The zero-order valence-electron chi connectivity index (χ0n) is 12.5. The molecule has 0 spiro atoms. The quantitative estimate of drug-likeness (QED) is 0.899. The van der Waals surface area contributed by atoms with Gasteiger partial charge in [-0.2, -0.15) is 11.8 Å². The Morgan fingerprint density at radius 1 is 1.60 bits per heavy atom. The van der Waals surface area contributed by atoms with Crippen molar-refractivity contribution >= 4 is 17.7 Å². The number of carbonyl (C=O) groups is 1. The van der Waals surface area contributed by atoms with E-state index in [0.717, 1.165) is 32.0 Å². The number of hydrogen-bond donors (Lipinski definition) is 1. The van der Waals surface area contributed by atoms with Crippen LogP contribution in [-0.4, -0.2) is 63.4 Å². The third-order valence-electron chi connectivity index (χ3n) is 3.95. The van der Waals surface area contributed by atoms with E-state index in [-0.39, 0.29) is 11.9 Å². The highest BCUT2D eigenvalue weighted by Crippen LogP contribution is 2.23. The number of piperazine rings is 1. The minimum Gasteiger partial charge on any atom is -0.347 e. The van der Waals surface area contributed by atoms with Crippen molar-refractivity contribution in [3.8, 4) is 0 Å². The van der Waals surface area contributed by atoms with Crippen molar-refractivity contribution < 1.29 is 4.79 Å². The molecule has 0 aliphatic carbocycles. The first-order chi connectivity index (χ1) is 9.65. The van der Waals surface area contributed by atoms with Gasteiger partial charge in [-0.3, -0.25) is 9.69 Å². The standard InChI is InChI=1S/C14H24N4OS/c1-4-17-7-8-18(13(19)9-11(2)20-3)10-12(17)14-15-5-6-16-14/h5-6,11-12H,4,7-10H2,1-3H3,(H,15,16)/t11-,12-/m1/s1. The number of imidazole rings is 1. The molecule has 2 rings (SSSR count). The number of aromatic nitrogens is 2. The van der Waals surface area contributed by atoms with E-state index in [1.807, 2.05) is 11.1 Å². The van der Waals surface area contributed by atoms with E-state index >= 15 is 0 Å². The van der Waals surface area contributed by atoms with Gasteiger partial charge < -0.3 is 9.88 Å². The van der Waals surface area contributed by atoms with Gasteiger partial charge in [0.2, 0.25) is 5.91 Å². The molecule has 2 atom stereocenters. The van der Waals surface area contributed by atoms with Crippen molar-refractivity contribution in [1.29, 1.82) is 0 Å². The summed E-state index contributed by atoms with van der Waals surface area (Å²) in [5, 5.41) is 0.383. The molecular formula is C14H24N4OS. The summed E-state index contributed by atoms with van der Waals surface area (Å²) in [5.41, 5.74) is 0. The molecule has 1 aromatic rings. The Balaban J connectivity index is 2.02. The summed E-state index contributed by atoms with van der Waals surface area (Å²) >= 11 is 1.74. The fourth-order valence-electron chi connectivity index (χ4n) is 2.60. The summed E-state index contributed by atoms with van der Waals surface area (Å²) in [4.78, 5) is 24.3. The van der Waals surface area contributed by atoms with Crippen LogP contribution in [0.2, 0.25) is 0 Å².